The average Bonchev–Trinajstić information content (AvgIpc) is 2.68. The molecule has 0 aromatic rings. The predicted octanol–water partition coefficient (Wildman–Crippen LogP) is 8.35. The quantitative estimate of drug-likeness (QED) is 0.166. The van der Waals surface area contributed by atoms with Crippen molar-refractivity contribution in [2.24, 2.45) is 0 Å². The molecule has 0 aliphatic heterocycles. The molecule has 4 heteroatoms. The molecule has 0 radical (unpaired) electrons. The van der Waals surface area contributed by atoms with Crippen LogP contribution in [0.2, 0.25) is 0 Å². The van der Waals surface area contributed by atoms with Crippen molar-refractivity contribution < 1.29 is 9.13 Å². The van der Waals surface area contributed by atoms with Gasteiger partial charge in [-0.1, -0.05) is 78.4 Å². The van der Waals surface area contributed by atoms with Gasteiger partial charge in [-0.25, -0.2) is 0 Å². The molecule has 0 saturated heterocycles. The van der Waals surface area contributed by atoms with E-state index in [9.17, 15) is 9.13 Å². The maximum absolute atomic E-state index is 14.3. The second kappa shape index (κ2) is 11.9. The van der Waals surface area contributed by atoms with E-state index < -0.39 is 19.2 Å². The standard InChI is InChI=1S/C22H44O2P2/c1-5-9-11-16-20-25(23,7-3)22(18-14-13-15-19-22)26(24,8-4)21-17-12-10-6-2/h13-14H,5-12,15-21H2,1-4H3. The van der Waals surface area contributed by atoms with Crippen LogP contribution < -0.4 is 0 Å². The Morgan fingerprint density at radius 3 is 1.58 bits per heavy atom. The maximum atomic E-state index is 14.3. The minimum absolute atomic E-state index is 0.392. The van der Waals surface area contributed by atoms with Gasteiger partial charge < -0.3 is 9.13 Å². The van der Waals surface area contributed by atoms with Crippen LogP contribution in [0.3, 0.4) is 0 Å². The molecule has 1 aliphatic rings. The highest BCUT2D eigenvalue weighted by Gasteiger charge is 2.56. The van der Waals surface area contributed by atoms with Crippen molar-refractivity contribution in [2.45, 2.75) is 103 Å². The zero-order valence-corrected chi connectivity index (χ0v) is 19.8. The molecule has 0 saturated carbocycles. The fourth-order valence-electron chi connectivity index (χ4n) is 4.79. The van der Waals surface area contributed by atoms with Crippen LogP contribution in [0.4, 0.5) is 0 Å². The van der Waals surface area contributed by atoms with Gasteiger partial charge in [0.15, 0.2) is 0 Å². The molecule has 0 bridgehead atoms. The normalized spacial score (nSPS) is 24.9. The average molecular weight is 403 g/mol. The number of rotatable bonds is 14. The number of hydrogen-bond donors (Lipinski definition) is 0. The van der Waals surface area contributed by atoms with Gasteiger partial charge in [0, 0.05) is 12.3 Å². The summed E-state index contributed by atoms with van der Waals surface area (Å²) in [6.07, 6.45) is 19.4. The first-order valence-corrected chi connectivity index (χ1v) is 15.4. The lowest BCUT2D eigenvalue weighted by molar-refractivity contribution is 0.508. The van der Waals surface area contributed by atoms with Crippen LogP contribution in [0.25, 0.3) is 0 Å². The lowest BCUT2D eigenvalue weighted by Crippen LogP contribution is -2.34. The highest BCUT2D eigenvalue weighted by Crippen LogP contribution is 2.79. The topological polar surface area (TPSA) is 34.1 Å². The fourth-order valence-corrected chi connectivity index (χ4v) is 15.0. The monoisotopic (exact) mass is 402 g/mol. The Kier molecular flexibility index (Phi) is 11.1. The molecule has 0 N–H and O–H groups in total. The van der Waals surface area contributed by atoms with Crippen molar-refractivity contribution in [3.05, 3.63) is 12.2 Å². The van der Waals surface area contributed by atoms with Gasteiger partial charge >= 0.3 is 0 Å². The molecule has 2 atom stereocenters. The third kappa shape index (κ3) is 5.61. The van der Waals surface area contributed by atoms with E-state index in [0.29, 0.717) is 0 Å². The van der Waals surface area contributed by atoms with Gasteiger partial charge in [0.2, 0.25) is 0 Å². The molecular formula is C22H44O2P2. The molecule has 0 heterocycles. The maximum Gasteiger partial charge on any atom is 0.101 e. The Bertz CT molecular complexity index is 476. The van der Waals surface area contributed by atoms with Gasteiger partial charge in [-0.05, 0) is 44.4 Å². The molecule has 0 aromatic carbocycles. The van der Waals surface area contributed by atoms with Crippen LogP contribution in [-0.4, -0.2) is 29.5 Å². The van der Waals surface area contributed by atoms with Crippen LogP contribution in [0.1, 0.15) is 98.3 Å². The number of allylic oxidation sites excluding steroid dienone is 2. The zero-order chi connectivity index (χ0) is 19.5. The molecule has 0 amide bonds. The molecule has 0 spiro atoms. The predicted molar refractivity (Wildman–Crippen MR) is 120 cm³/mol. The largest absolute Gasteiger partial charge is 0.322 e. The van der Waals surface area contributed by atoms with Crippen LogP contribution in [0.5, 0.6) is 0 Å². The van der Waals surface area contributed by atoms with E-state index in [1.54, 1.807) is 0 Å². The molecular weight excluding hydrogens is 358 g/mol. The Morgan fingerprint density at radius 2 is 1.23 bits per heavy atom. The van der Waals surface area contributed by atoms with Crippen LogP contribution in [0, 0.1) is 0 Å². The molecule has 2 nitrogen and oxygen atoms in total. The summed E-state index contributed by atoms with van der Waals surface area (Å²) in [6, 6.07) is 0. The summed E-state index contributed by atoms with van der Waals surface area (Å²) in [5, 5.41) is 0. The van der Waals surface area contributed by atoms with E-state index in [1.165, 1.54) is 38.5 Å². The first-order valence-electron chi connectivity index (χ1n) is 11.3. The minimum atomic E-state index is -2.45. The van der Waals surface area contributed by atoms with E-state index in [4.69, 9.17) is 0 Å². The van der Waals surface area contributed by atoms with E-state index >= 15 is 0 Å². The summed E-state index contributed by atoms with van der Waals surface area (Å²) in [5.41, 5.74) is 0. The summed E-state index contributed by atoms with van der Waals surface area (Å²) >= 11 is 0. The summed E-state index contributed by atoms with van der Waals surface area (Å²) in [6.45, 7) is 8.62. The van der Waals surface area contributed by atoms with E-state index in [-0.39, 0.29) is 0 Å². The van der Waals surface area contributed by atoms with Crippen LogP contribution in [-0.2, 0) is 9.13 Å². The molecule has 26 heavy (non-hydrogen) atoms. The summed E-state index contributed by atoms with van der Waals surface area (Å²) in [5.74, 6) is 0. The first kappa shape index (κ1) is 24.2. The van der Waals surface area contributed by atoms with Crippen molar-refractivity contribution in [1.29, 1.82) is 0 Å². The molecule has 1 rings (SSSR count). The summed E-state index contributed by atoms with van der Waals surface area (Å²) in [4.78, 5) is -0.392. The highest BCUT2D eigenvalue weighted by molar-refractivity contribution is 7.83. The van der Waals surface area contributed by atoms with Crippen molar-refractivity contribution >= 4 is 14.3 Å². The van der Waals surface area contributed by atoms with Gasteiger partial charge in [-0.2, -0.15) is 0 Å². The first-order chi connectivity index (χ1) is 12.4. The highest BCUT2D eigenvalue weighted by atomic mass is 31.2. The SMILES string of the molecule is CCCCCCP(=O)(CC)C1(P(=O)(CC)CCCCCC)CC=CCC1. The molecule has 0 aromatic heterocycles. The van der Waals surface area contributed by atoms with Crippen molar-refractivity contribution in [2.75, 3.05) is 24.6 Å². The van der Waals surface area contributed by atoms with Gasteiger partial charge in [-0.15, -0.1) is 0 Å². The van der Waals surface area contributed by atoms with Gasteiger partial charge in [0.25, 0.3) is 0 Å². The van der Waals surface area contributed by atoms with Gasteiger partial charge in [0.1, 0.15) is 14.3 Å². The molecule has 2 unspecified atom stereocenters. The Hall–Kier alpha value is 0.200. The van der Waals surface area contributed by atoms with E-state index in [0.717, 1.165) is 56.8 Å². The van der Waals surface area contributed by atoms with E-state index in [1.807, 2.05) is 0 Å². The Morgan fingerprint density at radius 1 is 0.731 bits per heavy atom. The fraction of sp³-hybridized carbons (Fsp3) is 0.909. The summed E-state index contributed by atoms with van der Waals surface area (Å²) < 4.78 is 28.6. The number of unbranched alkanes of at least 4 members (excludes halogenated alkanes) is 6. The third-order valence-electron chi connectivity index (χ3n) is 6.61. The zero-order valence-electron chi connectivity index (χ0n) is 18.0. The Labute approximate surface area is 163 Å². The second-order valence-electron chi connectivity index (χ2n) is 8.18. The molecule has 1 aliphatic carbocycles. The minimum Gasteiger partial charge on any atom is -0.322 e. The lowest BCUT2D eigenvalue weighted by Gasteiger charge is -2.47. The van der Waals surface area contributed by atoms with Gasteiger partial charge in [0.05, 0.1) is 4.90 Å². The molecule has 0 fully saturated rings. The van der Waals surface area contributed by atoms with E-state index in [2.05, 4.69) is 39.8 Å². The lowest BCUT2D eigenvalue weighted by atomic mass is 10.1. The van der Waals surface area contributed by atoms with Gasteiger partial charge in [-0.3, -0.25) is 0 Å². The van der Waals surface area contributed by atoms with Crippen LogP contribution in [0.15, 0.2) is 12.2 Å². The van der Waals surface area contributed by atoms with Crippen molar-refractivity contribution in [3.63, 3.8) is 0 Å². The third-order valence-corrected chi connectivity index (χ3v) is 16.8. The molecule has 154 valence electrons. The van der Waals surface area contributed by atoms with Crippen molar-refractivity contribution in [3.8, 4) is 0 Å². The second-order valence-corrected chi connectivity index (χ2v) is 16.0. The number of hydrogen-bond acceptors (Lipinski definition) is 2. The smallest absolute Gasteiger partial charge is 0.101 e. The van der Waals surface area contributed by atoms with Crippen LogP contribution >= 0.6 is 14.3 Å². The van der Waals surface area contributed by atoms with Crippen molar-refractivity contribution in [1.82, 2.24) is 0 Å². The summed E-state index contributed by atoms with van der Waals surface area (Å²) in [7, 11) is -4.91. The Balaban J connectivity index is 3.10.